The van der Waals surface area contributed by atoms with Crippen molar-refractivity contribution in [1.29, 1.82) is 0 Å². The van der Waals surface area contributed by atoms with Gasteiger partial charge >= 0.3 is 0 Å². The van der Waals surface area contributed by atoms with E-state index in [9.17, 15) is 9.18 Å². The smallest absolute Gasteiger partial charge is 0.181 e. The second kappa shape index (κ2) is 5.85. The van der Waals surface area contributed by atoms with Gasteiger partial charge in [0.15, 0.2) is 5.78 Å². The summed E-state index contributed by atoms with van der Waals surface area (Å²) in [6, 6.07) is 10.9. The highest BCUT2D eigenvalue weighted by Gasteiger charge is 2.06. The number of Topliss-reactive ketones (excluding diaryl/α,β-unsaturated/α-hetero) is 1. The predicted molar refractivity (Wildman–Crippen MR) is 75.4 cm³/mol. The third kappa shape index (κ3) is 3.55. The Morgan fingerprint density at radius 2 is 1.89 bits per heavy atom. The summed E-state index contributed by atoms with van der Waals surface area (Å²) in [4.78, 5) is 11.9. The third-order valence-electron chi connectivity index (χ3n) is 2.79. The van der Waals surface area contributed by atoms with Gasteiger partial charge in [0, 0.05) is 16.3 Å². The molecular weight excluding hydrogens is 265 g/mol. The maximum absolute atomic E-state index is 12.8. The first kappa shape index (κ1) is 13.6. The molecule has 1 N–H and O–H groups in total. The molecule has 0 aliphatic carbocycles. The van der Waals surface area contributed by atoms with Crippen LogP contribution in [0.15, 0.2) is 42.5 Å². The van der Waals surface area contributed by atoms with Crippen LogP contribution in [0.3, 0.4) is 0 Å². The van der Waals surface area contributed by atoms with Crippen molar-refractivity contribution in [3.05, 3.63) is 64.4 Å². The fourth-order valence-corrected chi connectivity index (χ4v) is 1.97. The van der Waals surface area contributed by atoms with Crippen molar-refractivity contribution in [2.45, 2.75) is 6.92 Å². The zero-order chi connectivity index (χ0) is 13.8. The van der Waals surface area contributed by atoms with Crippen molar-refractivity contribution in [3.8, 4) is 0 Å². The number of nitrogens with one attached hydrogen (secondary N) is 1. The zero-order valence-electron chi connectivity index (χ0n) is 10.4. The maximum atomic E-state index is 12.8. The Morgan fingerprint density at radius 1 is 1.21 bits per heavy atom. The highest BCUT2D eigenvalue weighted by Crippen LogP contribution is 2.19. The molecule has 0 radical (unpaired) electrons. The number of rotatable bonds is 4. The van der Waals surface area contributed by atoms with E-state index in [2.05, 4.69) is 5.32 Å². The number of benzene rings is 2. The van der Waals surface area contributed by atoms with Crippen LogP contribution in [0.1, 0.15) is 15.9 Å². The molecule has 2 aromatic carbocycles. The van der Waals surface area contributed by atoms with Crippen LogP contribution in [0.25, 0.3) is 0 Å². The van der Waals surface area contributed by atoms with E-state index in [4.69, 9.17) is 11.6 Å². The van der Waals surface area contributed by atoms with E-state index in [-0.39, 0.29) is 18.1 Å². The first-order chi connectivity index (χ1) is 9.06. The average Bonchev–Trinajstić information content (AvgIpc) is 2.38. The Labute approximate surface area is 116 Å². The van der Waals surface area contributed by atoms with Crippen molar-refractivity contribution in [2.75, 3.05) is 11.9 Å². The molecule has 19 heavy (non-hydrogen) atoms. The van der Waals surface area contributed by atoms with Crippen LogP contribution in [0, 0.1) is 12.7 Å². The average molecular weight is 278 g/mol. The van der Waals surface area contributed by atoms with Gasteiger partial charge < -0.3 is 5.32 Å². The largest absolute Gasteiger partial charge is 0.377 e. The fourth-order valence-electron chi connectivity index (χ4n) is 1.74. The summed E-state index contributed by atoms with van der Waals surface area (Å²) in [7, 11) is 0. The summed E-state index contributed by atoms with van der Waals surface area (Å²) in [6.45, 7) is 2.07. The molecule has 98 valence electrons. The quantitative estimate of drug-likeness (QED) is 0.853. The topological polar surface area (TPSA) is 29.1 Å². The number of hydrogen-bond acceptors (Lipinski definition) is 2. The van der Waals surface area contributed by atoms with Gasteiger partial charge in [0.1, 0.15) is 5.82 Å². The van der Waals surface area contributed by atoms with E-state index in [1.807, 2.05) is 19.1 Å². The third-order valence-corrected chi connectivity index (χ3v) is 3.03. The van der Waals surface area contributed by atoms with Crippen LogP contribution >= 0.6 is 11.6 Å². The molecule has 0 aliphatic heterocycles. The Kier molecular flexibility index (Phi) is 4.17. The van der Waals surface area contributed by atoms with Crippen molar-refractivity contribution in [1.82, 2.24) is 0 Å². The van der Waals surface area contributed by atoms with E-state index in [1.54, 1.807) is 6.07 Å². The fraction of sp³-hybridized carbons (Fsp3) is 0.133. The number of carbonyl (C=O) groups is 1. The summed E-state index contributed by atoms with van der Waals surface area (Å²) in [5.41, 5.74) is 2.32. The predicted octanol–water partition coefficient (Wildman–Crippen LogP) is 4.08. The molecule has 0 saturated carbocycles. The molecule has 0 bridgehead atoms. The Morgan fingerprint density at radius 3 is 2.53 bits per heavy atom. The molecule has 0 fully saturated rings. The lowest BCUT2D eigenvalue weighted by Gasteiger charge is -2.09. The number of hydrogen-bond donors (Lipinski definition) is 1. The van der Waals surface area contributed by atoms with E-state index >= 15 is 0 Å². The van der Waals surface area contributed by atoms with Gasteiger partial charge in [-0.3, -0.25) is 4.79 Å². The minimum absolute atomic E-state index is 0.0886. The van der Waals surface area contributed by atoms with Crippen molar-refractivity contribution >= 4 is 23.1 Å². The van der Waals surface area contributed by atoms with Gasteiger partial charge in [-0.25, -0.2) is 4.39 Å². The molecule has 4 heteroatoms. The lowest BCUT2D eigenvalue weighted by Crippen LogP contribution is -2.14. The molecule has 2 aromatic rings. The van der Waals surface area contributed by atoms with E-state index in [0.717, 1.165) is 11.3 Å². The van der Waals surface area contributed by atoms with Gasteiger partial charge in [0.25, 0.3) is 0 Å². The Bertz CT molecular complexity index is 596. The van der Waals surface area contributed by atoms with Crippen LogP contribution in [0.2, 0.25) is 5.02 Å². The number of carbonyl (C=O) groups excluding carboxylic acids is 1. The SMILES string of the molecule is Cc1cc(Cl)ccc1NCC(=O)c1ccc(F)cc1. The number of ketones is 1. The van der Waals surface area contributed by atoms with Crippen LogP contribution in [-0.2, 0) is 0 Å². The molecule has 0 heterocycles. The monoisotopic (exact) mass is 277 g/mol. The Balaban J connectivity index is 2.02. The van der Waals surface area contributed by atoms with Crippen LogP contribution in [-0.4, -0.2) is 12.3 Å². The molecule has 0 aliphatic rings. The molecular formula is C15H13ClFNO. The normalized spacial score (nSPS) is 10.3. The van der Waals surface area contributed by atoms with Crippen LogP contribution in [0.4, 0.5) is 10.1 Å². The van der Waals surface area contributed by atoms with Crippen molar-refractivity contribution < 1.29 is 9.18 Å². The lowest BCUT2D eigenvalue weighted by atomic mass is 10.1. The van der Waals surface area contributed by atoms with E-state index < -0.39 is 0 Å². The second-order valence-electron chi connectivity index (χ2n) is 4.24. The van der Waals surface area contributed by atoms with E-state index in [0.29, 0.717) is 10.6 Å². The summed E-state index contributed by atoms with van der Waals surface area (Å²) in [5.74, 6) is -0.438. The highest BCUT2D eigenvalue weighted by molar-refractivity contribution is 6.30. The van der Waals surface area contributed by atoms with Crippen LogP contribution < -0.4 is 5.32 Å². The van der Waals surface area contributed by atoms with Gasteiger partial charge in [-0.2, -0.15) is 0 Å². The van der Waals surface area contributed by atoms with Gasteiger partial charge in [0.2, 0.25) is 0 Å². The highest BCUT2D eigenvalue weighted by atomic mass is 35.5. The molecule has 0 atom stereocenters. The summed E-state index contributed by atoms with van der Waals surface area (Å²) in [6.07, 6.45) is 0. The first-order valence-corrected chi connectivity index (χ1v) is 6.23. The summed E-state index contributed by atoms with van der Waals surface area (Å²) in [5, 5.41) is 3.71. The number of aryl methyl sites for hydroxylation is 1. The zero-order valence-corrected chi connectivity index (χ0v) is 11.2. The summed E-state index contributed by atoms with van der Waals surface area (Å²) < 4.78 is 12.8. The minimum Gasteiger partial charge on any atom is -0.377 e. The molecule has 0 aromatic heterocycles. The number of halogens is 2. The van der Waals surface area contributed by atoms with Gasteiger partial charge in [0.05, 0.1) is 6.54 Å². The van der Waals surface area contributed by atoms with E-state index in [1.165, 1.54) is 24.3 Å². The minimum atomic E-state index is -0.349. The second-order valence-corrected chi connectivity index (χ2v) is 4.68. The van der Waals surface area contributed by atoms with Crippen molar-refractivity contribution in [3.63, 3.8) is 0 Å². The maximum Gasteiger partial charge on any atom is 0.181 e. The molecule has 0 unspecified atom stereocenters. The molecule has 2 rings (SSSR count). The molecule has 0 amide bonds. The molecule has 2 nitrogen and oxygen atoms in total. The van der Waals surface area contributed by atoms with Crippen molar-refractivity contribution in [2.24, 2.45) is 0 Å². The van der Waals surface area contributed by atoms with Gasteiger partial charge in [-0.15, -0.1) is 0 Å². The summed E-state index contributed by atoms with van der Waals surface area (Å²) >= 11 is 5.86. The first-order valence-electron chi connectivity index (χ1n) is 5.85. The standard InChI is InChI=1S/C15H13ClFNO/c1-10-8-12(16)4-7-14(10)18-9-15(19)11-2-5-13(17)6-3-11/h2-8,18H,9H2,1H3. The Hall–Kier alpha value is -1.87. The number of anilines is 1. The van der Waals surface area contributed by atoms with Gasteiger partial charge in [-0.1, -0.05) is 11.6 Å². The molecule has 0 spiro atoms. The van der Waals surface area contributed by atoms with Gasteiger partial charge in [-0.05, 0) is 55.0 Å². The van der Waals surface area contributed by atoms with Crippen LogP contribution in [0.5, 0.6) is 0 Å². The lowest BCUT2D eigenvalue weighted by molar-refractivity contribution is 0.101. The molecule has 0 saturated heterocycles.